The van der Waals surface area contributed by atoms with Gasteiger partial charge in [0.15, 0.2) is 0 Å². The Labute approximate surface area is 117 Å². The molecule has 0 spiro atoms. The Morgan fingerprint density at radius 3 is 2.75 bits per heavy atom. The number of rotatable bonds is 5. The van der Waals surface area contributed by atoms with E-state index < -0.39 is 5.54 Å². The van der Waals surface area contributed by atoms with Crippen LogP contribution in [0, 0.1) is 0 Å². The Kier molecular flexibility index (Phi) is 3.28. The van der Waals surface area contributed by atoms with E-state index in [0.717, 1.165) is 24.9 Å². The first-order chi connectivity index (χ1) is 9.66. The van der Waals surface area contributed by atoms with Crippen LogP contribution in [-0.4, -0.2) is 21.2 Å². The maximum Gasteiger partial charge on any atom is 0.240 e. The average molecular weight is 270 g/mol. The van der Waals surface area contributed by atoms with Crippen molar-refractivity contribution in [2.75, 3.05) is 0 Å². The summed E-state index contributed by atoms with van der Waals surface area (Å²) in [4.78, 5) is 11.7. The van der Waals surface area contributed by atoms with E-state index in [1.165, 1.54) is 5.56 Å². The summed E-state index contributed by atoms with van der Waals surface area (Å²) in [6, 6.07) is 10.1. The van der Waals surface area contributed by atoms with Crippen LogP contribution in [0.15, 0.2) is 42.7 Å². The zero-order valence-corrected chi connectivity index (χ0v) is 11.2. The maximum absolute atomic E-state index is 11.7. The first kappa shape index (κ1) is 12.9. The number of benzene rings is 1. The zero-order valence-electron chi connectivity index (χ0n) is 11.2. The summed E-state index contributed by atoms with van der Waals surface area (Å²) in [5.41, 5.74) is 7.40. The van der Waals surface area contributed by atoms with Crippen LogP contribution in [0.3, 0.4) is 0 Å². The predicted octanol–water partition coefficient (Wildman–Crippen LogP) is 1.04. The van der Waals surface area contributed by atoms with E-state index in [2.05, 4.69) is 22.5 Å². The lowest BCUT2D eigenvalue weighted by molar-refractivity contribution is -0.123. The fraction of sp³-hybridized carbons (Fsp3) is 0.333. The number of carbonyl (C=O) groups is 1. The molecule has 5 heteroatoms. The normalized spacial score (nSPS) is 15.8. The average Bonchev–Trinajstić information content (AvgIpc) is 3.06. The van der Waals surface area contributed by atoms with Crippen LogP contribution < -0.4 is 11.1 Å². The predicted molar refractivity (Wildman–Crippen MR) is 75.8 cm³/mol. The molecule has 1 saturated carbocycles. The van der Waals surface area contributed by atoms with Crippen molar-refractivity contribution in [3.05, 3.63) is 53.9 Å². The lowest BCUT2D eigenvalue weighted by Crippen LogP contribution is -2.42. The number of amides is 1. The topological polar surface area (TPSA) is 72.9 Å². The van der Waals surface area contributed by atoms with E-state index in [4.69, 9.17) is 5.73 Å². The standard InChI is InChI=1S/C15H18N4O/c16-15(6-7-15)14(20)17-8-13-9-18-19(11-13)10-12-4-2-1-3-5-12/h1-5,9,11H,6-8,10,16H2,(H,17,20). The minimum atomic E-state index is -0.611. The van der Waals surface area contributed by atoms with Gasteiger partial charge in [0.1, 0.15) is 0 Å². The van der Waals surface area contributed by atoms with Crippen molar-refractivity contribution in [3.63, 3.8) is 0 Å². The number of carbonyl (C=O) groups excluding carboxylic acids is 1. The molecule has 0 bridgehead atoms. The van der Waals surface area contributed by atoms with E-state index in [1.807, 2.05) is 29.1 Å². The summed E-state index contributed by atoms with van der Waals surface area (Å²) in [6.45, 7) is 1.21. The molecule has 0 saturated heterocycles. The number of nitrogens with one attached hydrogen (secondary N) is 1. The molecule has 3 rings (SSSR count). The summed E-state index contributed by atoms with van der Waals surface area (Å²) in [5, 5.41) is 7.16. The number of nitrogens with zero attached hydrogens (tertiary/aromatic N) is 2. The molecule has 5 nitrogen and oxygen atoms in total. The molecular formula is C15H18N4O. The number of aromatic nitrogens is 2. The molecule has 2 aromatic rings. The van der Waals surface area contributed by atoms with E-state index in [-0.39, 0.29) is 5.91 Å². The van der Waals surface area contributed by atoms with Gasteiger partial charge in [-0.2, -0.15) is 5.10 Å². The van der Waals surface area contributed by atoms with E-state index >= 15 is 0 Å². The van der Waals surface area contributed by atoms with Gasteiger partial charge in [-0.1, -0.05) is 30.3 Å². The van der Waals surface area contributed by atoms with Gasteiger partial charge < -0.3 is 11.1 Å². The Balaban J connectivity index is 1.55. The van der Waals surface area contributed by atoms with E-state index in [9.17, 15) is 4.79 Å². The van der Waals surface area contributed by atoms with Gasteiger partial charge >= 0.3 is 0 Å². The van der Waals surface area contributed by atoms with Crippen molar-refractivity contribution < 1.29 is 4.79 Å². The first-order valence-electron chi connectivity index (χ1n) is 6.78. The fourth-order valence-electron chi connectivity index (χ4n) is 2.07. The molecule has 20 heavy (non-hydrogen) atoms. The second-order valence-corrected chi connectivity index (χ2v) is 5.37. The van der Waals surface area contributed by atoms with Crippen LogP contribution in [0.25, 0.3) is 0 Å². The van der Waals surface area contributed by atoms with Gasteiger partial charge in [-0.25, -0.2) is 0 Å². The van der Waals surface area contributed by atoms with Crippen molar-refractivity contribution >= 4 is 5.91 Å². The molecule has 1 aliphatic rings. The molecule has 1 aromatic heterocycles. The van der Waals surface area contributed by atoms with Crippen molar-refractivity contribution in [2.45, 2.75) is 31.5 Å². The maximum atomic E-state index is 11.7. The molecule has 0 atom stereocenters. The Morgan fingerprint density at radius 1 is 1.30 bits per heavy atom. The Morgan fingerprint density at radius 2 is 2.05 bits per heavy atom. The van der Waals surface area contributed by atoms with E-state index in [0.29, 0.717) is 6.54 Å². The van der Waals surface area contributed by atoms with Crippen LogP contribution in [0.4, 0.5) is 0 Å². The highest BCUT2D eigenvalue weighted by Gasteiger charge is 2.45. The molecular weight excluding hydrogens is 252 g/mol. The molecule has 1 aliphatic carbocycles. The summed E-state index contributed by atoms with van der Waals surface area (Å²) in [7, 11) is 0. The van der Waals surface area contributed by atoms with Crippen LogP contribution in [-0.2, 0) is 17.9 Å². The van der Waals surface area contributed by atoms with E-state index in [1.54, 1.807) is 6.20 Å². The largest absolute Gasteiger partial charge is 0.350 e. The molecule has 1 aromatic carbocycles. The van der Waals surface area contributed by atoms with Crippen LogP contribution >= 0.6 is 0 Å². The second-order valence-electron chi connectivity index (χ2n) is 5.37. The van der Waals surface area contributed by atoms with Crippen LogP contribution in [0.2, 0.25) is 0 Å². The minimum Gasteiger partial charge on any atom is -0.350 e. The highest BCUT2D eigenvalue weighted by Crippen LogP contribution is 2.32. The van der Waals surface area contributed by atoms with Gasteiger partial charge in [0.05, 0.1) is 18.3 Å². The third-order valence-electron chi connectivity index (χ3n) is 3.57. The lowest BCUT2D eigenvalue weighted by Gasteiger charge is -2.08. The van der Waals surface area contributed by atoms with Crippen molar-refractivity contribution in [2.24, 2.45) is 5.73 Å². The van der Waals surface area contributed by atoms with Crippen LogP contribution in [0.5, 0.6) is 0 Å². The highest BCUT2D eigenvalue weighted by atomic mass is 16.2. The summed E-state index contributed by atoms with van der Waals surface area (Å²) in [6.07, 6.45) is 5.29. The smallest absolute Gasteiger partial charge is 0.240 e. The van der Waals surface area contributed by atoms with Crippen molar-refractivity contribution in [3.8, 4) is 0 Å². The molecule has 0 radical (unpaired) electrons. The van der Waals surface area contributed by atoms with Crippen molar-refractivity contribution in [1.29, 1.82) is 0 Å². The summed E-state index contributed by atoms with van der Waals surface area (Å²) >= 11 is 0. The van der Waals surface area contributed by atoms with Crippen LogP contribution in [0.1, 0.15) is 24.0 Å². The third kappa shape index (κ3) is 2.88. The minimum absolute atomic E-state index is 0.0618. The van der Waals surface area contributed by atoms with Gasteiger partial charge in [0.2, 0.25) is 5.91 Å². The number of hydrogen-bond acceptors (Lipinski definition) is 3. The first-order valence-corrected chi connectivity index (χ1v) is 6.78. The van der Waals surface area contributed by atoms with Gasteiger partial charge in [-0.05, 0) is 18.4 Å². The Hall–Kier alpha value is -2.14. The Bertz CT molecular complexity index is 601. The SMILES string of the molecule is NC1(C(=O)NCc2cnn(Cc3ccccc3)c2)CC1. The molecule has 104 valence electrons. The highest BCUT2D eigenvalue weighted by molar-refractivity contribution is 5.88. The lowest BCUT2D eigenvalue weighted by atomic mass is 10.2. The second kappa shape index (κ2) is 5.09. The molecule has 3 N–H and O–H groups in total. The third-order valence-corrected chi connectivity index (χ3v) is 3.57. The number of nitrogens with two attached hydrogens (primary N) is 1. The van der Waals surface area contributed by atoms with Gasteiger partial charge in [0, 0.05) is 18.3 Å². The molecule has 1 heterocycles. The summed E-state index contributed by atoms with van der Waals surface area (Å²) in [5.74, 6) is -0.0618. The molecule has 1 fully saturated rings. The molecule has 0 unspecified atom stereocenters. The molecule has 0 aliphatic heterocycles. The quantitative estimate of drug-likeness (QED) is 0.852. The van der Waals surface area contributed by atoms with Crippen molar-refractivity contribution in [1.82, 2.24) is 15.1 Å². The zero-order chi connectivity index (χ0) is 14.0. The fourth-order valence-corrected chi connectivity index (χ4v) is 2.07. The molecule has 1 amide bonds. The number of hydrogen-bond donors (Lipinski definition) is 2. The van der Waals surface area contributed by atoms with Gasteiger partial charge in [-0.15, -0.1) is 0 Å². The monoisotopic (exact) mass is 270 g/mol. The summed E-state index contributed by atoms with van der Waals surface area (Å²) < 4.78 is 1.87. The van der Waals surface area contributed by atoms with Gasteiger partial charge in [0.25, 0.3) is 0 Å². The van der Waals surface area contributed by atoms with Gasteiger partial charge in [-0.3, -0.25) is 9.48 Å².